The third kappa shape index (κ3) is 3.68. The molecule has 3 aliphatic rings. The van der Waals surface area contributed by atoms with Crippen LogP contribution in [0.2, 0.25) is 0 Å². The molecule has 1 aliphatic carbocycles. The van der Waals surface area contributed by atoms with Gasteiger partial charge in [0.25, 0.3) is 0 Å². The van der Waals surface area contributed by atoms with Crippen LogP contribution in [0.4, 0.5) is 0 Å². The molecular formula is C19H27NO3S. The number of rotatable bonds is 5. The zero-order valence-corrected chi connectivity index (χ0v) is 15.1. The van der Waals surface area contributed by atoms with E-state index in [9.17, 15) is 8.42 Å². The van der Waals surface area contributed by atoms with Gasteiger partial charge >= 0.3 is 0 Å². The highest BCUT2D eigenvalue weighted by molar-refractivity contribution is 7.91. The van der Waals surface area contributed by atoms with E-state index in [1.54, 1.807) is 0 Å². The minimum absolute atomic E-state index is 0.146. The minimum atomic E-state index is -2.86. The summed E-state index contributed by atoms with van der Waals surface area (Å²) >= 11 is 0. The Morgan fingerprint density at radius 3 is 2.75 bits per heavy atom. The Kier molecular flexibility index (Phi) is 4.67. The Morgan fingerprint density at radius 1 is 1.12 bits per heavy atom. The molecule has 0 saturated carbocycles. The predicted octanol–water partition coefficient (Wildman–Crippen LogP) is 2.34. The van der Waals surface area contributed by atoms with Crippen LogP contribution in [0.5, 0.6) is 0 Å². The van der Waals surface area contributed by atoms with Gasteiger partial charge in [-0.05, 0) is 55.2 Å². The largest absolute Gasteiger partial charge is 0.377 e. The van der Waals surface area contributed by atoms with Crippen LogP contribution >= 0.6 is 0 Å². The summed E-state index contributed by atoms with van der Waals surface area (Å²) in [5.74, 6) is 0.647. The van der Waals surface area contributed by atoms with Crippen molar-refractivity contribution in [3.8, 4) is 0 Å². The fourth-order valence-corrected chi connectivity index (χ4v) is 6.18. The fourth-order valence-electron chi connectivity index (χ4n) is 4.41. The lowest BCUT2D eigenvalue weighted by atomic mass is 10.0. The zero-order valence-electron chi connectivity index (χ0n) is 14.2. The molecule has 0 unspecified atom stereocenters. The first kappa shape index (κ1) is 16.6. The molecule has 0 amide bonds. The first-order chi connectivity index (χ1) is 11.6. The number of nitrogens with zero attached hydrogens (tertiary/aromatic N) is 1. The second-order valence-corrected chi connectivity index (χ2v) is 9.81. The molecule has 2 saturated heterocycles. The summed E-state index contributed by atoms with van der Waals surface area (Å²) in [6, 6.07) is 6.99. The average Bonchev–Trinajstić information content (AvgIpc) is 3.26. The van der Waals surface area contributed by atoms with Crippen molar-refractivity contribution in [3.05, 3.63) is 34.9 Å². The molecule has 2 aliphatic heterocycles. The number of benzene rings is 1. The molecule has 1 aromatic carbocycles. The van der Waals surface area contributed by atoms with Gasteiger partial charge in [0.05, 0.1) is 17.6 Å². The standard InChI is InChI=1S/C19H27NO3S/c21-24(22)10-8-18(14-24)20(13-19-5-2-9-23-19)12-15-6-7-16-3-1-4-17(16)11-15/h6-7,11,18-19H,1-5,8-10,12-14H2/t18-,19+/m1/s1. The number of ether oxygens (including phenoxy) is 1. The molecule has 0 aromatic heterocycles. The van der Waals surface area contributed by atoms with Crippen molar-refractivity contribution >= 4 is 9.84 Å². The Morgan fingerprint density at radius 2 is 2.00 bits per heavy atom. The third-order valence-corrected chi connectivity index (χ3v) is 7.49. The molecule has 0 spiro atoms. The van der Waals surface area contributed by atoms with Gasteiger partial charge in [-0.2, -0.15) is 0 Å². The molecule has 2 atom stereocenters. The summed E-state index contributed by atoms with van der Waals surface area (Å²) in [7, 11) is -2.86. The van der Waals surface area contributed by atoms with Gasteiger partial charge < -0.3 is 4.74 Å². The number of aryl methyl sites for hydroxylation is 2. The molecule has 4 nitrogen and oxygen atoms in total. The van der Waals surface area contributed by atoms with Crippen LogP contribution in [0, 0.1) is 0 Å². The lowest BCUT2D eigenvalue weighted by molar-refractivity contribution is 0.0574. The van der Waals surface area contributed by atoms with Crippen molar-refractivity contribution in [3.63, 3.8) is 0 Å². The lowest BCUT2D eigenvalue weighted by Crippen LogP contribution is -2.40. The normalized spacial score (nSPS) is 28.5. The van der Waals surface area contributed by atoms with E-state index in [1.165, 1.54) is 36.0 Å². The molecule has 4 rings (SSSR count). The van der Waals surface area contributed by atoms with Crippen LogP contribution in [-0.2, 0) is 34.0 Å². The van der Waals surface area contributed by atoms with E-state index in [0.29, 0.717) is 11.5 Å². The summed E-state index contributed by atoms with van der Waals surface area (Å²) in [6.07, 6.45) is 6.91. The van der Waals surface area contributed by atoms with Crippen molar-refractivity contribution in [1.29, 1.82) is 0 Å². The zero-order chi connectivity index (χ0) is 16.6. The first-order valence-electron chi connectivity index (χ1n) is 9.26. The molecule has 132 valence electrons. The van der Waals surface area contributed by atoms with Crippen LogP contribution in [0.3, 0.4) is 0 Å². The van der Waals surface area contributed by atoms with E-state index >= 15 is 0 Å². The highest BCUT2D eigenvalue weighted by Gasteiger charge is 2.34. The molecule has 2 heterocycles. The number of hydrogen-bond acceptors (Lipinski definition) is 4. The maximum Gasteiger partial charge on any atom is 0.151 e. The monoisotopic (exact) mass is 349 g/mol. The number of sulfone groups is 1. The Bertz CT molecular complexity index is 695. The number of fused-ring (bicyclic) bond motifs is 1. The van der Waals surface area contributed by atoms with E-state index in [1.807, 2.05) is 0 Å². The summed E-state index contributed by atoms with van der Waals surface area (Å²) in [4.78, 5) is 2.37. The van der Waals surface area contributed by atoms with Crippen LogP contribution < -0.4 is 0 Å². The van der Waals surface area contributed by atoms with Crippen LogP contribution in [-0.4, -0.2) is 50.1 Å². The summed E-state index contributed by atoms with van der Waals surface area (Å²) in [5, 5.41) is 0. The third-order valence-electron chi connectivity index (χ3n) is 5.74. The van der Waals surface area contributed by atoms with E-state index in [4.69, 9.17) is 4.74 Å². The SMILES string of the molecule is O=S1(=O)CC[C@@H](N(Cc2ccc3c(c2)CCC3)C[C@@H]2CCCO2)C1. The van der Waals surface area contributed by atoms with E-state index < -0.39 is 9.84 Å². The molecule has 24 heavy (non-hydrogen) atoms. The van der Waals surface area contributed by atoms with Gasteiger partial charge in [-0.25, -0.2) is 8.42 Å². The highest BCUT2D eigenvalue weighted by atomic mass is 32.2. The molecule has 0 bridgehead atoms. The smallest absolute Gasteiger partial charge is 0.151 e. The second-order valence-electron chi connectivity index (χ2n) is 7.58. The predicted molar refractivity (Wildman–Crippen MR) is 94.9 cm³/mol. The Balaban J connectivity index is 1.51. The minimum Gasteiger partial charge on any atom is -0.377 e. The van der Waals surface area contributed by atoms with Crippen LogP contribution in [0.1, 0.15) is 42.4 Å². The molecule has 0 radical (unpaired) electrons. The van der Waals surface area contributed by atoms with Crippen LogP contribution in [0.25, 0.3) is 0 Å². The van der Waals surface area contributed by atoms with Gasteiger partial charge in [0.2, 0.25) is 0 Å². The highest BCUT2D eigenvalue weighted by Crippen LogP contribution is 2.26. The lowest BCUT2D eigenvalue weighted by Gasteiger charge is -2.30. The average molecular weight is 349 g/mol. The van der Waals surface area contributed by atoms with Gasteiger partial charge in [-0.15, -0.1) is 0 Å². The molecular weight excluding hydrogens is 322 g/mol. The Labute approximate surface area is 145 Å². The van der Waals surface area contributed by atoms with Crippen molar-refractivity contribution in [1.82, 2.24) is 4.90 Å². The number of hydrogen-bond donors (Lipinski definition) is 0. The summed E-state index contributed by atoms with van der Waals surface area (Å²) < 4.78 is 29.7. The van der Waals surface area contributed by atoms with Gasteiger partial charge in [-0.1, -0.05) is 18.2 Å². The first-order valence-corrected chi connectivity index (χ1v) is 11.1. The fraction of sp³-hybridized carbons (Fsp3) is 0.684. The maximum absolute atomic E-state index is 11.9. The van der Waals surface area contributed by atoms with E-state index in [2.05, 4.69) is 23.1 Å². The molecule has 2 fully saturated rings. The molecule has 1 aromatic rings. The second kappa shape index (κ2) is 6.77. The van der Waals surface area contributed by atoms with Crippen molar-refractivity contribution in [2.24, 2.45) is 0 Å². The summed E-state index contributed by atoms with van der Waals surface area (Å²) in [5.41, 5.74) is 4.30. The van der Waals surface area contributed by atoms with Gasteiger partial charge in [0, 0.05) is 25.7 Å². The molecule has 5 heteroatoms. The quantitative estimate of drug-likeness (QED) is 0.819. The maximum atomic E-state index is 11.9. The van der Waals surface area contributed by atoms with E-state index in [0.717, 1.165) is 39.0 Å². The summed E-state index contributed by atoms with van der Waals surface area (Å²) in [6.45, 7) is 2.55. The van der Waals surface area contributed by atoms with E-state index in [-0.39, 0.29) is 12.1 Å². The van der Waals surface area contributed by atoms with Gasteiger partial charge in [0.1, 0.15) is 0 Å². The van der Waals surface area contributed by atoms with Crippen molar-refractivity contribution in [2.75, 3.05) is 24.7 Å². The molecule has 0 N–H and O–H groups in total. The Hall–Kier alpha value is -0.910. The van der Waals surface area contributed by atoms with Crippen LogP contribution in [0.15, 0.2) is 18.2 Å². The topological polar surface area (TPSA) is 46.6 Å². The van der Waals surface area contributed by atoms with Gasteiger partial charge in [0.15, 0.2) is 9.84 Å². The van der Waals surface area contributed by atoms with Gasteiger partial charge in [-0.3, -0.25) is 4.90 Å². The van der Waals surface area contributed by atoms with Crippen molar-refractivity contribution in [2.45, 2.75) is 57.2 Å². The van der Waals surface area contributed by atoms with Crippen molar-refractivity contribution < 1.29 is 13.2 Å².